The van der Waals surface area contributed by atoms with Crippen LogP contribution in [-0.2, 0) is 6.18 Å². The van der Waals surface area contributed by atoms with E-state index in [1.165, 1.54) is 32.9 Å². The van der Waals surface area contributed by atoms with Crippen molar-refractivity contribution in [1.29, 1.82) is 0 Å². The number of alkyl halides is 3. The molecule has 0 amide bonds. The Morgan fingerprint density at radius 2 is 0.836 bits per heavy atom. The van der Waals surface area contributed by atoms with Crippen LogP contribution in [0.4, 0.5) is 13.2 Å². The third-order valence-corrected chi connectivity index (χ3v) is 18.7. The van der Waals surface area contributed by atoms with E-state index >= 15 is 0 Å². The van der Waals surface area contributed by atoms with Crippen molar-refractivity contribution in [3.8, 4) is 62.1 Å². The molecular formula is C65H45F3N4Si. The van der Waals surface area contributed by atoms with E-state index in [9.17, 15) is 13.2 Å². The summed E-state index contributed by atoms with van der Waals surface area (Å²) in [7, 11) is -2.97. The lowest BCUT2D eigenvalue weighted by Crippen LogP contribution is -2.74. The predicted octanol–water partition coefficient (Wildman–Crippen LogP) is 14.0. The van der Waals surface area contributed by atoms with E-state index in [0.717, 1.165) is 66.4 Å². The Labute approximate surface area is 422 Å². The van der Waals surface area contributed by atoms with Crippen LogP contribution in [0.2, 0.25) is 0 Å². The molecule has 2 heterocycles. The molecule has 0 radical (unpaired) electrons. The average molecular weight is 967 g/mol. The van der Waals surface area contributed by atoms with Gasteiger partial charge in [0.05, 0.1) is 16.6 Å². The van der Waals surface area contributed by atoms with Gasteiger partial charge in [-0.05, 0) is 98.0 Å². The van der Waals surface area contributed by atoms with E-state index in [-0.39, 0.29) is 0 Å². The highest BCUT2D eigenvalue weighted by atomic mass is 28.3. The second-order valence-electron chi connectivity index (χ2n) is 18.3. The average Bonchev–Trinajstić information content (AvgIpc) is 3.78. The lowest BCUT2D eigenvalue weighted by atomic mass is 9.97. The third kappa shape index (κ3) is 8.21. The van der Waals surface area contributed by atoms with Crippen LogP contribution in [0.15, 0.2) is 255 Å². The van der Waals surface area contributed by atoms with Crippen molar-refractivity contribution in [2.75, 3.05) is 0 Å². The molecule has 0 saturated carbocycles. The van der Waals surface area contributed by atoms with Crippen LogP contribution in [0.5, 0.6) is 0 Å². The van der Waals surface area contributed by atoms with E-state index in [2.05, 4.69) is 162 Å². The maximum atomic E-state index is 13.9. The SMILES string of the molecule is Cc1cc(C(F)(F)F)ccc1-c1ccc2c3ccccc3n(-c3ccc(-c4nc(-c5ccccc5)nc(-c5ccccc5)n4)c(-c4cccc([Si](c5ccccc5)(c5ccccc5)c5ccccc5)c4)c3)c2c1. The molecule has 73 heavy (non-hydrogen) atoms. The molecule has 0 bridgehead atoms. The smallest absolute Gasteiger partial charge is 0.309 e. The molecule has 0 fully saturated rings. The van der Waals surface area contributed by atoms with Gasteiger partial charge in [0.15, 0.2) is 25.5 Å². The molecule has 0 saturated heterocycles. The fraction of sp³-hybridized carbons (Fsp3) is 0.0308. The van der Waals surface area contributed by atoms with Gasteiger partial charge in [0.25, 0.3) is 0 Å². The van der Waals surface area contributed by atoms with E-state index in [1.807, 2.05) is 78.9 Å². The summed E-state index contributed by atoms with van der Waals surface area (Å²) in [5.41, 5.74) is 8.73. The Kier molecular flexibility index (Phi) is 11.5. The molecule has 0 atom stereocenters. The van der Waals surface area contributed by atoms with Gasteiger partial charge in [-0.2, -0.15) is 13.2 Å². The van der Waals surface area contributed by atoms with Crippen molar-refractivity contribution >= 4 is 50.6 Å². The summed E-state index contributed by atoms with van der Waals surface area (Å²) in [6.07, 6.45) is -4.44. The van der Waals surface area contributed by atoms with Crippen molar-refractivity contribution in [3.63, 3.8) is 0 Å². The zero-order valence-corrected chi connectivity index (χ0v) is 40.7. The van der Waals surface area contributed by atoms with Crippen LogP contribution in [0.3, 0.4) is 0 Å². The van der Waals surface area contributed by atoms with Crippen LogP contribution in [0.1, 0.15) is 11.1 Å². The molecule has 350 valence electrons. The van der Waals surface area contributed by atoms with Gasteiger partial charge in [0, 0.05) is 33.2 Å². The Bertz CT molecular complexity index is 3800. The largest absolute Gasteiger partial charge is 0.416 e. The van der Waals surface area contributed by atoms with E-state index in [4.69, 9.17) is 15.0 Å². The summed E-state index contributed by atoms with van der Waals surface area (Å²) in [5, 5.41) is 7.09. The minimum Gasteiger partial charge on any atom is -0.309 e. The molecule has 4 nitrogen and oxygen atoms in total. The zero-order valence-electron chi connectivity index (χ0n) is 39.7. The molecule has 2 aromatic heterocycles. The van der Waals surface area contributed by atoms with Gasteiger partial charge in [-0.15, -0.1) is 0 Å². The normalized spacial score (nSPS) is 11.8. The number of halogens is 3. The monoisotopic (exact) mass is 966 g/mol. The molecule has 12 rings (SSSR count). The Hall–Kier alpha value is -8.98. The highest BCUT2D eigenvalue weighted by Crippen LogP contribution is 2.40. The van der Waals surface area contributed by atoms with E-state index in [0.29, 0.717) is 23.0 Å². The molecule has 0 aliphatic rings. The molecule has 10 aromatic carbocycles. The summed E-state index contributed by atoms with van der Waals surface area (Å²) in [4.78, 5) is 15.6. The first kappa shape index (κ1) is 45.2. The number of nitrogens with zero attached hydrogens (tertiary/aromatic N) is 4. The maximum Gasteiger partial charge on any atom is 0.416 e. The summed E-state index contributed by atoms with van der Waals surface area (Å²) in [6.45, 7) is 1.74. The van der Waals surface area contributed by atoms with Crippen molar-refractivity contribution < 1.29 is 13.2 Å². The molecule has 8 heteroatoms. The quantitative estimate of drug-likeness (QED) is 0.101. The number of benzene rings is 10. The fourth-order valence-electron chi connectivity index (χ4n) is 10.6. The lowest BCUT2D eigenvalue weighted by molar-refractivity contribution is -0.137. The summed E-state index contributed by atoms with van der Waals surface area (Å²) in [6, 6.07) is 86.7. The van der Waals surface area contributed by atoms with Gasteiger partial charge in [-0.1, -0.05) is 212 Å². The Balaban J connectivity index is 1.14. The van der Waals surface area contributed by atoms with E-state index in [1.54, 1.807) is 13.0 Å². The highest BCUT2D eigenvalue weighted by Gasteiger charge is 2.41. The fourth-order valence-corrected chi connectivity index (χ4v) is 15.4. The molecule has 12 aromatic rings. The van der Waals surface area contributed by atoms with Gasteiger partial charge in [0.1, 0.15) is 0 Å². The van der Waals surface area contributed by atoms with Crippen LogP contribution in [0.25, 0.3) is 83.9 Å². The molecule has 0 unspecified atom stereocenters. The maximum absolute atomic E-state index is 13.9. The third-order valence-electron chi connectivity index (χ3n) is 14.0. The molecule has 0 aliphatic carbocycles. The number of aryl methyl sites for hydroxylation is 1. The minimum absolute atomic E-state index is 0.527. The Morgan fingerprint density at radius 3 is 1.41 bits per heavy atom. The summed E-state index contributed by atoms with van der Waals surface area (Å²) >= 11 is 0. The second kappa shape index (κ2) is 18.6. The first-order valence-corrected chi connectivity index (χ1v) is 26.2. The van der Waals surface area contributed by atoms with Crippen molar-refractivity contribution in [2.24, 2.45) is 0 Å². The van der Waals surface area contributed by atoms with Gasteiger partial charge in [-0.25, -0.2) is 15.0 Å². The first-order valence-electron chi connectivity index (χ1n) is 24.2. The number of fused-ring (bicyclic) bond motifs is 3. The van der Waals surface area contributed by atoms with Gasteiger partial charge in [-0.3, -0.25) is 0 Å². The van der Waals surface area contributed by atoms with Gasteiger partial charge >= 0.3 is 6.18 Å². The number of aromatic nitrogens is 4. The summed E-state index contributed by atoms with van der Waals surface area (Å²) < 4.78 is 43.8. The van der Waals surface area contributed by atoms with E-state index < -0.39 is 19.8 Å². The standard InChI is InChI=1S/C65H45F3N4Si/c1-44-40-49(65(66,67)68)35-38-55(44)48-34-37-57-56-32-17-18-33-60(56)72(61(57)42-48)50-36-39-58(64-70-62(45-20-7-2-8-21-45)69-63(71-64)46-22-9-3-10-23-46)59(43-50)47-24-19-31-54(41-47)73(51-25-11-4-12-26-51,52-27-13-5-14-28-52)53-29-15-6-16-30-53/h2-43H,1H3. The van der Waals surface area contributed by atoms with Gasteiger partial charge in [0.2, 0.25) is 0 Å². The molecule has 0 aliphatic heterocycles. The molecular weight excluding hydrogens is 922 g/mol. The predicted molar refractivity (Wildman–Crippen MR) is 295 cm³/mol. The molecule has 0 spiro atoms. The second-order valence-corrected chi connectivity index (χ2v) is 22.1. The number of hydrogen-bond donors (Lipinski definition) is 0. The number of para-hydroxylation sites is 1. The zero-order chi connectivity index (χ0) is 49.5. The molecule has 0 N–H and O–H groups in total. The van der Waals surface area contributed by atoms with Crippen LogP contribution in [-0.4, -0.2) is 27.6 Å². The minimum atomic E-state index is -4.44. The highest BCUT2D eigenvalue weighted by molar-refractivity contribution is 7.19. The van der Waals surface area contributed by atoms with Crippen LogP contribution < -0.4 is 20.7 Å². The lowest BCUT2D eigenvalue weighted by Gasteiger charge is -2.34. The van der Waals surface area contributed by atoms with Crippen molar-refractivity contribution in [3.05, 3.63) is 266 Å². The van der Waals surface area contributed by atoms with Crippen molar-refractivity contribution in [1.82, 2.24) is 19.5 Å². The van der Waals surface area contributed by atoms with Crippen LogP contribution in [0, 0.1) is 6.92 Å². The van der Waals surface area contributed by atoms with Crippen molar-refractivity contribution in [2.45, 2.75) is 13.1 Å². The number of hydrogen-bond acceptors (Lipinski definition) is 3. The topological polar surface area (TPSA) is 43.6 Å². The first-order chi connectivity index (χ1) is 35.7. The summed E-state index contributed by atoms with van der Waals surface area (Å²) in [5.74, 6) is 1.65. The number of rotatable bonds is 10. The van der Waals surface area contributed by atoms with Crippen LogP contribution >= 0.6 is 0 Å². The van der Waals surface area contributed by atoms with Gasteiger partial charge < -0.3 is 4.57 Å². The Morgan fingerprint density at radius 1 is 0.356 bits per heavy atom.